The molecule has 2 aromatic carbocycles. The summed E-state index contributed by atoms with van der Waals surface area (Å²) in [7, 11) is 0. The number of nitrogens with two attached hydrogens (primary N) is 1. The van der Waals surface area contributed by atoms with Gasteiger partial charge in [-0.3, -0.25) is 5.43 Å². The van der Waals surface area contributed by atoms with Crippen molar-refractivity contribution in [2.75, 3.05) is 0 Å². The van der Waals surface area contributed by atoms with E-state index >= 15 is 0 Å². The van der Waals surface area contributed by atoms with Gasteiger partial charge in [-0.15, -0.1) is 0 Å². The number of hydrogen-bond donors (Lipinski definition) is 2. The van der Waals surface area contributed by atoms with E-state index in [9.17, 15) is 4.79 Å². The lowest BCUT2D eigenvalue weighted by atomic mass is 10.1. The number of aryl methyl sites for hydroxylation is 1. The van der Waals surface area contributed by atoms with Crippen LogP contribution in [0.25, 0.3) is 0 Å². The Morgan fingerprint density at radius 2 is 1.82 bits per heavy atom. The third-order valence-electron chi connectivity index (χ3n) is 2.77. The van der Waals surface area contributed by atoms with Crippen molar-refractivity contribution < 1.29 is 9.53 Å². The van der Waals surface area contributed by atoms with Gasteiger partial charge in [-0.25, -0.2) is 4.79 Å². The van der Waals surface area contributed by atoms with Gasteiger partial charge in [0.05, 0.1) is 11.8 Å². The predicted molar refractivity (Wildman–Crippen MR) is 90.1 cm³/mol. The standard InChI is InChI=1S/C16H15N3O2S/c1-11-2-6-13(7-3-11)15(20)21-14-8-4-12(5-9-14)10-18-19-16(17)22/h2-10H,1H3,(H3,17,19,22)/b18-10-. The summed E-state index contributed by atoms with van der Waals surface area (Å²) in [4.78, 5) is 12.0. The van der Waals surface area contributed by atoms with E-state index in [1.807, 2.05) is 19.1 Å². The molecule has 6 heteroatoms. The van der Waals surface area contributed by atoms with Crippen LogP contribution in [-0.2, 0) is 0 Å². The minimum absolute atomic E-state index is 0.0971. The number of ether oxygens (including phenoxy) is 1. The van der Waals surface area contributed by atoms with Crippen LogP contribution in [0.4, 0.5) is 0 Å². The van der Waals surface area contributed by atoms with E-state index in [1.165, 1.54) is 0 Å². The fourth-order valence-corrected chi connectivity index (χ4v) is 1.70. The van der Waals surface area contributed by atoms with Gasteiger partial charge in [0.25, 0.3) is 0 Å². The van der Waals surface area contributed by atoms with Crippen LogP contribution in [0.15, 0.2) is 53.6 Å². The molecule has 22 heavy (non-hydrogen) atoms. The highest BCUT2D eigenvalue weighted by molar-refractivity contribution is 7.80. The SMILES string of the molecule is Cc1ccc(C(=O)Oc2ccc(/C=N\NC(N)=S)cc2)cc1. The van der Waals surface area contributed by atoms with Crippen LogP contribution in [0.1, 0.15) is 21.5 Å². The Bertz CT molecular complexity index is 694. The molecule has 5 nitrogen and oxygen atoms in total. The van der Waals surface area contributed by atoms with Crippen molar-refractivity contribution in [1.82, 2.24) is 5.43 Å². The number of thiocarbonyl (C=S) groups is 1. The number of nitrogens with one attached hydrogen (secondary N) is 1. The van der Waals surface area contributed by atoms with E-state index in [1.54, 1.807) is 42.6 Å². The third-order valence-corrected chi connectivity index (χ3v) is 2.86. The lowest BCUT2D eigenvalue weighted by Crippen LogP contribution is -2.23. The molecule has 0 heterocycles. The fraction of sp³-hybridized carbons (Fsp3) is 0.0625. The van der Waals surface area contributed by atoms with Crippen molar-refractivity contribution in [2.45, 2.75) is 6.92 Å². The quantitative estimate of drug-likeness (QED) is 0.298. The second-order valence-corrected chi connectivity index (χ2v) is 5.00. The van der Waals surface area contributed by atoms with Gasteiger partial charge in [0.2, 0.25) is 0 Å². The van der Waals surface area contributed by atoms with E-state index in [2.05, 4.69) is 22.7 Å². The average Bonchev–Trinajstić information content (AvgIpc) is 2.49. The number of esters is 1. The Hall–Kier alpha value is -2.73. The second kappa shape index (κ2) is 7.33. The molecule has 0 radical (unpaired) electrons. The van der Waals surface area contributed by atoms with E-state index in [4.69, 9.17) is 10.5 Å². The van der Waals surface area contributed by atoms with Gasteiger partial charge in [0.1, 0.15) is 5.75 Å². The Balaban J connectivity index is 1.98. The van der Waals surface area contributed by atoms with E-state index in [0.29, 0.717) is 11.3 Å². The maximum absolute atomic E-state index is 12.0. The number of hydrazone groups is 1. The topological polar surface area (TPSA) is 76.7 Å². The predicted octanol–water partition coefficient (Wildman–Crippen LogP) is 2.38. The number of rotatable bonds is 4. The molecule has 0 aliphatic heterocycles. The Morgan fingerprint density at radius 1 is 1.18 bits per heavy atom. The zero-order chi connectivity index (χ0) is 15.9. The summed E-state index contributed by atoms with van der Waals surface area (Å²) in [5, 5.41) is 3.94. The summed E-state index contributed by atoms with van der Waals surface area (Å²) < 4.78 is 5.30. The van der Waals surface area contributed by atoms with Crippen LogP contribution in [-0.4, -0.2) is 17.3 Å². The van der Waals surface area contributed by atoms with Crippen LogP contribution < -0.4 is 15.9 Å². The molecular formula is C16H15N3O2S. The average molecular weight is 313 g/mol. The molecule has 3 N–H and O–H groups in total. The molecular weight excluding hydrogens is 298 g/mol. The summed E-state index contributed by atoms with van der Waals surface area (Å²) >= 11 is 4.63. The van der Waals surface area contributed by atoms with Crippen molar-refractivity contribution in [2.24, 2.45) is 10.8 Å². The van der Waals surface area contributed by atoms with Crippen molar-refractivity contribution in [3.63, 3.8) is 0 Å². The largest absolute Gasteiger partial charge is 0.423 e. The zero-order valence-corrected chi connectivity index (χ0v) is 12.8. The number of benzene rings is 2. The number of carbonyl (C=O) groups excluding carboxylic acids is 1. The summed E-state index contributed by atoms with van der Waals surface area (Å²) in [6.45, 7) is 1.96. The summed E-state index contributed by atoms with van der Waals surface area (Å²) in [5.74, 6) is 0.0709. The summed E-state index contributed by atoms with van der Waals surface area (Å²) in [6.07, 6.45) is 1.56. The summed E-state index contributed by atoms with van der Waals surface area (Å²) in [5.41, 5.74) is 10.1. The Morgan fingerprint density at radius 3 is 2.41 bits per heavy atom. The molecule has 0 aromatic heterocycles. The first-order valence-corrected chi connectivity index (χ1v) is 6.93. The molecule has 0 saturated heterocycles. The molecule has 112 valence electrons. The molecule has 0 unspecified atom stereocenters. The monoisotopic (exact) mass is 313 g/mol. The first-order valence-electron chi connectivity index (χ1n) is 6.52. The molecule has 0 atom stereocenters. The first-order chi connectivity index (χ1) is 10.5. The van der Waals surface area contributed by atoms with Crippen LogP contribution in [0.3, 0.4) is 0 Å². The minimum atomic E-state index is -0.392. The molecule has 2 aromatic rings. The van der Waals surface area contributed by atoms with Crippen LogP contribution in [0.5, 0.6) is 5.75 Å². The molecule has 0 aliphatic carbocycles. The van der Waals surface area contributed by atoms with Gasteiger partial charge in [-0.1, -0.05) is 17.7 Å². The lowest BCUT2D eigenvalue weighted by Gasteiger charge is -2.05. The second-order valence-electron chi connectivity index (χ2n) is 4.56. The number of carbonyl (C=O) groups is 1. The highest BCUT2D eigenvalue weighted by atomic mass is 32.1. The molecule has 2 rings (SSSR count). The third kappa shape index (κ3) is 4.68. The van der Waals surface area contributed by atoms with Crippen LogP contribution in [0.2, 0.25) is 0 Å². The molecule has 0 amide bonds. The van der Waals surface area contributed by atoms with Gasteiger partial charge in [-0.05, 0) is 61.1 Å². The fourth-order valence-electron chi connectivity index (χ4n) is 1.65. The maximum atomic E-state index is 12.0. The van der Waals surface area contributed by atoms with Gasteiger partial charge < -0.3 is 10.5 Å². The summed E-state index contributed by atoms with van der Waals surface area (Å²) in [6, 6.07) is 14.1. The van der Waals surface area contributed by atoms with Crippen molar-refractivity contribution in [1.29, 1.82) is 0 Å². The smallest absolute Gasteiger partial charge is 0.343 e. The molecule has 0 fully saturated rings. The van der Waals surface area contributed by atoms with Crippen molar-refractivity contribution in [3.8, 4) is 5.75 Å². The maximum Gasteiger partial charge on any atom is 0.343 e. The Labute approximate surface area is 133 Å². The first kappa shape index (κ1) is 15.7. The highest BCUT2D eigenvalue weighted by Gasteiger charge is 2.07. The van der Waals surface area contributed by atoms with E-state index < -0.39 is 5.97 Å². The molecule has 0 spiro atoms. The van der Waals surface area contributed by atoms with Crippen LogP contribution >= 0.6 is 12.2 Å². The minimum Gasteiger partial charge on any atom is -0.423 e. The number of hydrogen-bond acceptors (Lipinski definition) is 4. The lowest BCUT2D eigenvalue weighted by molar-refractivity contribution is 0.0735. The van der Waals surface area contributed by atoms with Crippen LogP contribution in [0, 0.1) is 6.92 Å². The Kier molecular flexibility index (Phi) is 5.21. The normalized spacial score (nSPS) is 10.4. The molecule has 0 saturated carbocycles. The number of nitrogens with zero attached hydrogens (tertiary/aromatic N) is 1. The van der Waals surface area contributed by atoms with Gasteiger partial charge >= 0.3 is 5.97 Å². The van der Waals surface area contributed by atoms with Gasteiger partial charge in [0.15, 0.2) is 5.11 Å². The zero-order valence-electron chi connectivity index (χ0n) is 11.9. The van der Waals surface area contributed by atoms with Gasteiger partial charge in [-0.2, -0.15) is 5.10 Å². The van der Waals surface area contributed by atoms with E-state index in [0.717, 1.165) is 11.1 Å². The van der Waals surface area contributed by atoms with E-state index in [-0.39, 0.29) is 5.11 Å². The van der Waals surface area contributed by atoms with Crippen molar-refractivity contribution >= 4 is 29.5 Å². The molecule has 0 aliphatic rings. The highest BCUT2D eigenvalue weighted by Crippen LogP contribution is 2.14. The van der Waals surface area contributed by atoms with Gasteiger partial charge in [0, 0.05) is 0 Å². The van der Waals surface area contributed by atoms with Crippen molar-refractivity contribution in [3.05, 3.63) is 65.2 Å². The molecule has 0 bridgehead atoms.